The van der Waals surface area contributed by atoms with Gasteiger partial charge in [-0.25, -0.2) is 13.1 Å². The number of hydrogen-bond donors (Lipinski definition) is 2. The van der Waals surface area contributed by atoms with E-state index in [0.717, 1.165) is 0 Å². The lowest BCUT2D eigenvalue weighted by atomic mass is 10.0. The lowest BCUT2D eigenvalue weighted by Crippen LogP contribution is -2.18. The summed E-state index contributed by atoms with van der Waals surface area (Å²) in [5, 5.41) is 3.49. The number of sulfonamides is 1. The zero-order chi connectivity index (χ0) is 17.5. The van der Waals surface area contributed by atoms with Gasteiger partial charge in [-0.3, -0.25) is 4.79 Å². The van der Waals surface area contributed by atoms with E-state index in [9.17, 15) is 13.2 Å². The minimum atomic E-state index is -3.60. The first kappa shape index (κ1) is 17.0. The Kier molecular flexibility index (Phi) is 4.40. The molecule has 0 aliphatic carbocycles. The van der Waals surface area contributed by atoms with Crippen LogP contribution < -0.4 is 10.0 Å². The molecule has 2 aromatic carbocycles. The van der Waals surface area contributed by atoms with E-state index in [4.69, 9.17) is 23.2 Å². The topological polar surface area (TPSA) is 75.3 Å². The summed E-state index contributed by atoms with van der Waals surface area (Å²) in [5.41, 5.74) is 2.12. The van der Waals surface area contributed by atoms with Gasteiger partial charge in [0, 0.05) is 16.8 Å². The van der Waals surface area contributed by atoms with Crippen molar-refractivity contribution in [3.8, 4) is 0 Å². The smallest absolute Gasteiger partial charge is 0.256 e. The molecule has 1 amide bonds. The van der Waals surface area contributed by atoms with Gasteiger partial charge in [-0.1, -0.05) is 29.3 Å². The second kappa shape index (κ2) is 6.22. The lowest BCUT2D eigenvalue weighted by Gasteiger charge is -2.05. The van der Waals surface area contributed by atoms with E-state index in [1.165, 1.54) is 19.2 Å². The van der Waals surface area contributed by atoms with Crippen molar-refractivity contribution >= 4 is 56.5 Å². The highest BCUT2D eigenvalue weighted by Gasteiger charge is 2.26. The number of halogens is 2. The number of fused-ring (bicyclic) bond motifs is 1. The van der Waals surface area contributed by atoms with Crippen molar-refractivity contribution in [3.63, 3.8) is 0 Å². The fourth-order valence-electron chi connectivity index (χ4n) is 2.36. The quantitative estimate of drug-likeness (QED) is 0.798. The highest BCUT2D eigenvalue weighted by Crippen LogP contribution is 2.35. The SMILES string of the molecule is CNS(=O)(=O)c1ccc2c(c1)C(=Cc1ccc(Cl)c(Cl)c1)C(=O)N2. The molecule has 0 spiro atoms. The number of benzene rings is 2. The van der Waals surface area contributed by atoms with Crippen LogP contribution in [0.15, 0.2) is 41.3 Å². The second-order valence-corrected chi connectivity index (χ2v) is 7.80. The average Bonchev–Trinajstić information content (AvgIpc) is 2.86. The standard InChI is InChI=1S/C16H12Cl2N2O3S/c1-19-24(22,23)10-3-5-15-11(8-10)12(16(21)20-15)6-9-2-4-13(17)14(18)7-9/h2-8,19H,1H3,(H,20,21). The molecule has 2 N–H and O–H groups in total. The van der Waals surface area contributed by atoms with Gasteiger partial charge in [-0.2, -0.15) is 0 Å². The number of anilines is 1. The minimum absolute atomic E-state index is 0.0836. The van der Waals surface area contributed by atoms with Crippen LogP contribution in [0.25, 0.3) is 11.6 Å². The van der Waals surface area contributed by atoms with Crippen LogP contribution in [0.4, 0.5) is 5.69 Å². The molecule has 1 heterocycles. The van der Waals surface area contributed by atoms with Gasteiger partial charge in [-0.05, 0) is 49.0 Å². The van der Waals surface area contributed by atoms with Crippen LogP contribution in [0, 0.1) is 0 Å². The summed E-state index contributed by atoms with van der Waals surface area (Å²) in [6.45, 7) is 0. The Morgan fingerprint density at radius 2 is 1.83 bits per heavy atom. The number of nitrogens with one attached hydrogen (secondary N) is 2. The van der Waals surface area contributed by atoms with E-state index in [0.29, 0.717) is 32.4 Å². The number of carbonyl (C=O) groups is 1. The maximum absolute atomic E-state index is 12.2. The largest absolute Gasteiger partial charge is 0.321 e. The van der Waals surface area contributed by atoms with Crippen molar-refractivity contribution in [2.75, 3.05) is 12.4 Å². The molecule has 1 aliphatic heterocycles. The molecule has 8 heteroatoms. The highest BCUT2D eigenvalue weighted by atomic mass is 35.5. The Bertz CT molecular complexity index is 985. The summed E-state index contributed by atoms with van der Waals surface area (Å²) in [7, 11) is -2.27. The van der Waals surface area contributed by atoms with E-state index in [-0.39, 0.29) is 10.8 Å². The Balaban J connectivity index is 2.12. The van der Waals surface area contributed by atoms with Crippen LogP contribution in [0.2, 0.25) is 10.0 Å². The molecule has 0 radical (unpaired) electrons. The molecule has 24 heavy (non-hydrogen) atoms. The Morgan fingerprint density at radius 3 is 2.50 bits per heavy atom. The minimum Gasteiger partial charge on any atom is -0.321 e. The van der Waals surface area contributed by atoms with Gasteiger partial charge in [0.2, 0.25) is 10.0 Å². The third-order valence-electron chi connectivity index (χ3n) is 3.61. The summed E-state index contributed by atoms with van der Waals surface area (Å²) in [6.07, 6.45) is 1.64. The van der Waals surface area contributed by atoms with E-state index in [2.05, 4.69) is 10.0 Å². The molecule has 0 unspecified atom stereocenters. The van der Waals surface area contributed by atoms with Crippen LogP contribution in [0.1, 0.15) is 11.1 Å². The molecule has 124 valence electrons. The monoisotopic (exact) mass is 382 g/mol. The molecule has 0 bridgehead atoms. The Hall–Kier alpha value is -1.86. The number of hydrogen-bond acceptors (Lipinski definition) is 3. The third kappa shape index (κ3) is 3.06. The van der Waals surface area contributed by atoms with E-state index in [1.807, 2.05) is 0 Å². The first-order valence-corrected chi connectivity index (χ1v) is 9.12. The zero-order valence-corrected chi connectivity index (χ0v) is 14.8. The van der Waals surface area contributed by atoms with Crippen molar-refractivity contribution < 1.29 is 13.2 Å². The molecule has 3 rings (SSSR count). The van der Waals surface area contributed by atoms with E-state index < -0.39 is 10.0 Å². The summed E-state index contributed by atoms with van der Waals surface area (Å²) in [4.78, 5) is 12.3. The van der Waals surface area contributed by atoms with Gasteiger partial charge < -0.3 is 5.32 Å². The molecule has 0 atom stereocenters. The molecule has 0 saturated heterocycles. The summed E-state index contributed by atoms with van der Waals surface area (Å²) in [5.74, 6) is -0.310. The van der Waals surface area contributed by atoms with Gasteiger partial charge in [-0.15, -0.1) is 0 Å². The van der Waals surface area contributed by atoms with E-state index in [1.54, 1.807) is 30.3 Å². The molecule has 5 nitrogen and oxygen atoms in total. The molecular weight excluding hydrogens is 371 g/mol. The van der Waals surface area contributed by atoms with Crippen LogP contribution in [0.5, 0.6) is 0 Å². The molecular formula is C16H12Cl2N2O3S. The predicted molar refractivity (Wildman–Crippen MR) is 95.7 cm³/mol. The first-order chi connectivity index (χ1) is 11.3. The maximum Gasteiger partial charge on any atom is 0.256 e. The van der Waals surface area contributed by atoms with Crippen LogP contribution in [-0.4, -0.2) is 21.4 Å². The van der Waals surface area contributed by atoms with Crippen molar-refractivity contribution in [2.24, 2.45) is 0 Å². The van der Waals surface area contributed by atoms with Gasteiger partial charge in [0.15, 0.2) is 0 Å². The lowest BCUT2D eigenvalue weighted by molar-refractivity contribution is -0.110. The number of carbonyl (C=O) groups excluding carboxylic acids is 1. The number of rotatable bonds is 3. The molecule has 2 aromatic rings. The third-order valence-corrected chi connectivity index (χ3v) is 5.76. The summed E-state index contributed by atoms with van der Waals surface area (Å²) >= 11 is 11.9. The van der Waals surface area contributed by atoms with Gasteiger partial charge in [0.25, 0.3) is 5.91 Å². The molecule has 0 aromatic heterocycles. The molecule has 1 aliphatic rings. The Labute approximate surface area is 149 Å². The number of amides is 1. The average molecular weight is 383 g/mol. The molecule has 0 fully saturated rings. The predicted octanol–water partition coefficient (Wildman–Crippen LogP) is 3.39. The molecule has 0 saturated carbocycles. The van der Waals surface area contributed by atoms with Crippen molar-refractivity contribution in [1.29, 1.82) is 0 Å². The summed E-state index contributed by atoms with van der Waals surface area (Å²) in [6, 6.07) is 9.45. The van der Waals surface area contributed by atoms with Crippen molar-refractivity contribution in [3.05, 3.63) is 57.6 Å². The fraction of sp³-hybridized carbons (Fsp3) is 0.0625. The van der Waals surface area contributed by atoms with Gasteiger partial charge in [0.05, 0.1) is 14.9 Å². The van der Waals surface area contributed by atoms with Gasteiger partial charge in [0.1, 0.15) is 0 Å². The first-order valence-electron chi connectivity index (χ1n) is 6.88. The Morgan fingerprint density at radius 1 is 1.08 bits per heavy atom. The van der Waals surface area contributed by atoms with Crippen LogP contribution in [-0.2, 0) is 14.8 Å². The van der Waals surface area contributed by atoms with Crippen LogP contribution in [0.3, 0.4) is 0 Å². The van der Waals surface area contributed by atoms with E-state index >= 15 is 0 Å². The highest BCUT2D eigenvalue weighted by molar-refractivity contribution is 7.89. The maximum atomic E-state index is 12.2. The normalized spacial score (nSPS) is 15.5. The second-order valence-electron chi connectivity index (χ2n) is 5.10. The van der Waals surface area contributed by atoms with Gasteiger partial charge >= 0.3 is 0 Å². The van der Waals surface area contributed by atoms with Crippen molar-refractivity contribution in [1.82, 2.24) is 4.72 Å². The summed E-state index contributed by atoms with van der Waals surface area (Å²) < 4.78 is 26.2. The fourth-order valence-corrected chi connectivity index (χ4v) is 3.43. The van der Waals surface area contributed by atoms with Crippen molar-refractivity contribution in [2.45, 2.75) is 4.90 Å². The van der Waals surface area contributed by atoms with Crippen LogP contribution >= 0.6 is 23.2 Å². The zero-order valence-electron chi connectivity index (χ0n) is 12.4.